The van der Waals surface area contributed by atoms with Crippen molar-refractivity contribution in [2.24, 2.45) is 5.92 Å². The van der Waals surface area contributed by atoms with E-state index in [4.69, 9.17) is 5.21 Å². The summed E-state index contributed by atoms with van der Waals surface area (Å²) in [5, 5.41) is 10.4. The van der Waals surface area contributed by atoms with Gasteiger partial charge in [-0.2, -0.15) is 5.06 Å². The molecule has 0 radical (unpaired) electrons. The van der Waals surface area contributed by atoms with Gasteiger partial charge in [-0.1, -0.05) is 0 Å². The van der Waals surface area contributed by atoms with Crippen molar-refractivity contribution in [2.45, 2.75) is 25.3 Å². The van der Waals surface area contributed by atoms with Gasteiger partial charge < -0.3 is 5.21 Å². The highest BCUT2D eigenvalue weighted by molar-refractivity contribution is 4.90. The Balaban J connectivity index is 1.87. The van der Waals surface area contributed by atoms with Crippen LogP contribution in [0.5, 0.6) is 0 Å². The normalized spacial score (nSPS) is 39.4. The number of rotatable bonds is 1. The Bertz CT molecular complexity index is 98.7. The molecule has 8 heavy (non-hydrogen) atoms. The van der Waals surface area contributed by atoms with Crippen LogP contribution in [0.1, 0.15) is 19.3 Å². The molecule has 2 nitrogen and oxygen atoms in total. The van der Waals surface area contributed by atoms with Crippen molar-refractivity contribution in [3.05, 3.63) is 0 Å². The Morgan fingerprint density at radius 3 is 2.12 bits per heavy atom. The minimum atomic E-state index is 0.551. The minimum Gasteiger partial charge on any atom is -0.314 e. The Kier molecular flexibility index (Phi) is 0.866. The fourth-order valence-corrected chi connectivity index (χ4v) is 1.35. The Morgan fingerprint density at radius 1 is 1.25 bits per heavy atom. The first-order valence-electron chi connectivity index (χ1n) is 3.33. The van der Waals surface area contributed by atoms with Gasteiger partial charge in [0.05, 0.1) is 0 Å². The zero-order valence-corrected chi connectivity index (χ0v) is 4.88. The number of nitrogens with zero attached hydrogens (tertiary/aromatic N) is 1. The third-order valence-electron chi connectivity index (χ3n) is 2.20. The van der Waals surface area contributed by atoms with Gasteiger partial charge in [0.25, 0.3) is 0 Å². The summed E-state index contributed by atoms with van der Waals surface area (Å²) in [5.74, 6) is 0.855. The van der Waals surface area contributed by atoms with Crippen LogP contribution < -0.4 is 0 Å². The fraction of sp³-hybridized carbons (Fsp3) is 1.00. The molecule has 1 saturated carbocycles. The van der Waals surface area contributed by atoms with Gasteiger partial charge in [0.1, 0.15) is 0 Å². The second-order valence-corrected chi connectivity index (χ2v) is 2.86. The highest BCUT2D eigenvalue weighted by Gasteiger charge is 2.39. The molecule has 0 aromatic carbocycles. The zero-order valence-electron chi connectivity index (χ0n) is 4.88. The van der Waals surface area contributed by atoms with Gasteiger partial charge in [0.15, 0.2) is 0 Å². The summed E-state index contributed by atoms with van der Waals surface area (Å²) in [5.41, 5.74) is 0. The number of hydrogen-bond acceptors (Lipinski definition) is 2. The number of hydroxylamine groups is 2. The van der Waals surface area contributed by atoms with Crippen LogP contribution in [0.4, 0.5) is 0 Å². The lowest BCUT2D eigenvalue weighted by Gasteiger charge is -2.35. The van der Waals surface area contributed by atoms with Crippen LogP contribution in [0.3, 0.4) is 0 Å². The second kappa shape index (κ2) is 1.45. The monoisotopic (exact) mass is 113 g/mol. The van der Waals surface area contributed by atoms with Crippen LogP contribution in [-0.2, 0) is 0 Å². The largest absolute Gasteiger partial charge is 0.314 e. The first-order valence-corrected chi connectivity index (χ1v) is 3.33. The molecule has 1 heterocycles. The van der Waals surface area contributed by atoms with Gasteiger partial charge in [-0.15, -0.1) is 0 Å². The third-order valence-corrected chi connectivity index (χ3v) is 2.20. The van der Waals surface area contributed by atoms with Crippen molar-refractivity contribution in [3.8, 4) is 0 Å². The maximum absolute atomic E-state index is 8.95. The Morgan fingerprint density at radius 2 is 2.00 bits per heavy atom. The molecular formula is C6H11NO. The van der Waals surface area contributed by atoms with E-state index in [9.17, 15) is 0 Å². The van der Waals surface area contributed by atoms with E-state index in [1.807, 2.05) is 0 Å². The molecule has 0 spiro atoms. The first kappa shape index (κ1) is 4.77. The molecule has 2 fully saturated rings. The first-order chi connectivity index (χ1) is 3.88. The van der Waals surface area contributed by atoms with Crippen LogP contribution in [-0.4, -0.2) is 22.9 Å². The zero-order chi connectivity index (χ0) is 5.56. The molecule has 2 heteroatoms. The van der Waals surface area contributed by atoms with Crippen LogP contribution in [0.2, 0.25) is 0 Å². The van der Waals surface area contributed by atoms with Crippen LogP contribution in [0, 0.1) is 5.92 Å². The van der Waals surface area contributed by atoms with Crippen LogP contribution in [0.25, 0.3) is 0 Å². The van der Waals surface area contributed by atoms with Gasteiger partial charge in [0, 0.05) is 12.6 Å². The molecule has 1 atom stereocenters. The summed E-state index contributed by atoms with van der Waals surface area (Å²) in [6.45, 7) is 0.904. The second-order valence-electron chi connectivity index (χ2n) is 2.86. The highest BCUT2D eigenvalue weighted by atomic mass is 16.5. The maximum Gasteiger partial charge on any atom is 0.0391 e. The lowest BCUT2D eigenvalue weighted by molar-refractivity contribution is -0.188. The standard InChI is InChI=1S/C6H11NO/c8-7-4-3-6(7)5-1-2-5/h5-6,8H,1-4H2. The third kappa shape index (κ3) is 0.565. The fourth-order valence-electron chi connectivity index (χ4n) is 1.35. The molecule has 1 N–H and O–H groups in total. The summed E-state index contributed by atoms with van der Waals surface area (Å²) in [4.78, 5) is 0. The van der Waals surface area contributed by atoms with Gasteiger partial charge in [-0.25, -0.2) is 0 Å². The minimum absolute atomic E-state index is 0.551. The lowest BCUT2D eigenvalue weighted by atomic mass is 10.0. The van der Waals surface area contributed by atoms with E-state index >= 15 is 0 Å². The molecular weight excluding hydrogens is 102 g/mol. The van der Waals surface area contributed by atoms with Crippen molar-refractivity contribution in [3.63, 3.8) is 0 Å². The predicted molar refractivity (Wildman–Crippen MR) is 29.6 cm³/mol. The molecule has 1 aliphatic heterocycles. The molecule has 1 unspecified atom stereocenters. The van der Waals surface area contributed by atoms with Gasteiger partial charge in [0.2, 0.25) is 0 Å². The average Bonchev–Trinajstić information content (AvgIpc) is 2.46. The van der Waals surface area contributed by atoms with E-state index in [-0.39, 0.29) is 0 Å². The summed E-state index contributed by atoms with van der Waals surface area (Å²) >= 11 is 0. The van der Waals surface area contributed by atoms with Gasteiger partial charge in [-0.05, 0) is 25.2 Å². The maximum atomic E-state index is 8.95. The lowest BCUT2D eigenvalue weighted by Crippen LogP contribution is -2.46. The molecule has 1 aliphatic carbocycles. The molecule has 1 saturated heterocycles. The van der Waals surface area contributed by atoms with Crippen molar-refractivity contribution >= 4 is 0 Å². The Hall–Kier alpha value is -0.0800. The highest BCUT2D eigenvalue weighted by Crippen LogP contribution is 2.39. The van der Waals surface area contributed by atoms with E-state index in [2.05, 4.69) is 0 Å². The molecule has 0 bridgehead atoms. The van der Waals surface area contributed by atoms with Crippen LogP contribution >= 0.6 is 0 Å². The summed E-state index contributed by atoms with van der Waals surface area (Å²) in [6.07, 6.45) is 3.92. The van der Waals surface area contributed by atoms with Crippen molar-refractivity contribution in [2.75, 3.05) is 6.54 Å². The molecule has 0 aromatic heterocycles. The van der Waals surface area contributed by atoms with Gasteiger partial charge >= 0.3 is 0 Å². The molecule has 2 rings (SSSR count). The van der Waals surface area contributed by atoms with Crippen molar-refractivity contribution in [1.82, 2.24) is 5.06 Å². The van der Waals surface area contributed by atoms with Crippen molar-refractivity contribution in [1.29, 1.82) is 0 Å². The molecule has 46 valence electrons. The van der Waals surface area contributed by atoms with Crippen LogP contribution in [0.15, 0.2) is 0 Å². The van der Waals surface area contributed by atoms with E-state index < -0.39 is 0 Å². The van der Waals surface area contributed by atoms with E-state index in [1.165, 1.54) is 24.3 Å². The predicted octanol–water partition coefficient (Wildman–Crippen LogP) is 0.860. The SMILES string of the molecule is ON1CCC1C1CC1. The average molecular weight is 113 g/mol. The van der Waals surface area contributed by atoms with E-state index in [1.54, 1.807) is 0 Å². The molecule has 0 amide bonds. The topological polar surface area (TPSA) is 23.5 Å². The molecule has 2 aliphatic rings. The summed E-state index contributed by atoms with van der Waals surface area (Å²) in [7, 11) is 0. The summed E-state index contributed by atoms with van der Waals surface area (Å²) < 4.78 is 0. The number of hydrogen-bond donors (Lipinski definition) is 1. The van der Waals surface area contributed by atoms with E-state index in [0.29, 0.717) is 6.04 Å². The molecule has 0 aromatic rings. The van der Waals surface area contributed by atoms with Crippen molar-refractivity contribution < 1.29 is 5.21 Å². The van der Waals surface area contributed by atoms with Gasteiger partial charge in [-0.3, -0.25) is 0 Å². The Labute approximate surface area is 49.1 Å². The van der Waals surface area contributed by atoms with E-state index in [0.717, 1.165) is 12.5 Å². The summed E-state index contributed by atoms with van der Waals surface area (Å²) in [6, 6.07) is 0.551. The smallest absolute Gasteiger partial charge is 0.0391 e. The quantitative estimate of drug-likeness (QED) is 0.545.